The summed E-state index contributed by atoms with van der Waals surface area (Å²) >= 11 is 0. The van der Waals surface area contributed by atoms with E-state index in [1.165, 1.54) is 0 Å². The van der Waals surface area contributed by atoms with Crippen LogP contribution in [0.1, 0.15) is 6.42 Å². The second-order valence-corrected chi connectivity index (χ2v) is 7.11. The number of morpholine rings is 1. The molecule has 2 aliphatic heterocycles. The van der Waals surface area contributed by atoms with Gasteiger partial charge in [-0.3, -0.25) is 0 Å². The highest BCUT2D eigenvalue weighted by molar-refractivity contribution is 7.91. The number of sulfone groups is 1. The number of rotatable bonds is 3. The Morgan fingerprint density at radius 1 is 1.42 bits per heavy atom. The molecule has 1 unspecified atom stereocenters. The second kappa shape index (κ2) is 5.92. The first kappa shape index (κ1) is 14.3. The number of amides is 2. The van der Waals surface area contributed by atoms with Crippen molar-refractivity contribution in [3.63, 3.8) is 0 Å². The molecule has 0 aliphatic carbocycles. The van der Waals surface area contributed by atoms with Crippen LogP contribution in [0.2, 0.25) is 0 Å². The first-order valence-electron chi connectivity index (χ1n) is 6.48. The molecule has 2 aliphatic rings. The summed E-state index contributed by atoms with van der Waals surface area (Å²) in [6.45, 7) is 6.23. The van der Waals surface area contributed by atoms with Crippen LogP contribution in [0.5, 0.6) is 0 Å². The van der Waals surface area contributed by atoms with Gasteiger partial charge in [-0.25, -0.2) is 13.2 Å². The summed E-state index contributed by atoms with van der Waals surface area (Å²) in [5.74, 6) is 0.235. The average molecular weight is 288 g/mol. The average Bonchev–Trinajstić information content (AvgIpc) is 2.76. The Morgan fingerprint density at radius 3 is 2.63 bits per heavy atom. The largest absolute Gasteiger partial charge is 0.378 e. The molecule has 7 heteroatoms. The fourth-order valence-electron chi connectivity index (χ4n) is 2.48. The van der Waals surface area contributed by atoms with Crippen LogP contribution in [-0.2, 0) is 14.6 Å². The van der Waals surface area contributed by atoms with Crippen molar-refractivity contribution in [2.24, 2.45) is 0 Å². The predicted octanol–water partition coefficient (Wildman–Crippen LogP) is 0.114. The van der Waals surface area contributed by atoms with Crippen molar-refractivity contribution in [1.82, 2.24) is 9.80 Å². The quantitative estimate of drug-likeness (QED) is 0.692. The highest BCUT2D eigenvalue weighted by Gasteiger charge is 2.35. The minimum absolute atomic E-state index is 0.0664. The van der Waals surface area contributed by atoms with Gasteiger partial charge in [0.05, 0.1) is 24.7 Å². The maximum atomic E-state index is 12.4. The number of carbonyl (C=O) groups excluding carboxylic acids is 1. The lowest BCUT2D eigenvalue weighted by molar-refractivity contribution is 0.0414. The summed E-state index contributed by atoms with van der Waals surface area (Å²) in [5.41, 5.74) is 0. The normalized spacial score (nSPS) is 26.1. The van der Waals surface area contributed by atoms with Crippen molar-refractivity contribution in [2.45, 2.75) is 12.5 Å². The van der Waals surface area contributed by atoms with Crippen molar-refractivity contribution in [1.29, 1.82) is 0 Å². The lowest BCUT2D eigenvalue weighted by atomic mass is 10.2. The molecule has 108 valence electrons. The zero-order chi connectivity index (χ0) is 13.9. The molecule has 6 nitrogen and oxygen atoms in total. The van der Waals surface area contributed by atoms with E-state index < -0.39 is 9.84 Å². The van der Waals surface area contributed by atoms with E-state index in [1.54, 1.807) is 15.9 Å². The molecular formula is C12H20N2O4S. The molecule has 0 aromatic heterocycles. The van der Waals surface area contributed by atoms with Crippen LogP contribution < -0.4 is 0 Å². The molecule has 0 spiro atoms. The van der Waals surface area contributed by atoms with Gasteiger partial charge < -0.3 is 14.5 Å². The molecule has 0 aromatic carbocycles. The third-order valence-electron chi connectivity index (χ3n) is 3.50. The van der Waals surface area contributed by atoms with Gasteiger partial charge in [-0.1, -0.05) is 6.08 Å². The summed E-state index contributed by atoms with van der Waals surface area (Å²) in [4.78, 5) is 15.8. The molecule has 19 heavy (non-hydrogen) atoms. The molecular weight excluding hydrogens is 268 g/mol. The summed E-state index contributed by atoms with van der Waals surface area (Å²) in [5, 5.41) is 0. The Kier molecular flexibility index (Phi) is 4.46. The number of hydrogen-bond acceptors (Lipinski definition) is 4. The third kappa shape index (κ3) is 3.48. The number of nitrogens with zero attached hydrogens (tertiary/aromatic N) is 2. The van der Waals surface area contributed by atoms with Crippen LogP contribution >= 0.6 is 0 Å². The van der Waals surface area contributed by atoms with Gasteiger partial charge in [-0.15, -0.1) is 6.58 Å². The standard InChI is InChI=1S/C12H20N2O4S/c1-2-4-14(11-3-9-19(16,17)10-11)12(15)13-5-7-18-8-6-13/h2,11H,1,3-10H2. The highest BCUT2D eigenvalue weighted by atomic mass is 32.2. The van der Waals surface area contributed by atoms with Crippen molar-refractivity contribution in [3.8, 4) is 0 Å². The molecule has 2 heterocycles. The van der Waals surface area contributed by atoms with E-state index in [-0.39, 0.29) is 23.6 Å². The SMILES string of the molecule is C=CCN(C(=O)N1CCOCC1)C1CCS(=O)(=O)C1. The van der Waals surface area contributed by atoms with Gasteiger partial charge in [-0.2, -0.15) is 0 Å². The van der Waals surface area contributed by atoms with E-state index in [0.717, 1.165) is 0 Å². The molecule has 0 radical (unpaired) electrons. The number of carbonyl (C=O) groups is 1. The Labute approximate surface area is 113 Å². The van der Waals surface area contributed by atoms with Crippen LogP contribution in [0, 0.1) is 0 Å². The molecule has 2 fully saturated rings. The van der Waals surface area contributed by atoms with Crippen LogP contribution in [-0.4, -0.2) is 74.6 Å². The van der Waals surface area contributed by atoms with Gasteiger partial charge in [-0.05, 0) is 6.42 Å². The van der Waals surface area contributed by atoms with Crippen LogP contribution in [0.25, 0.3) is 0 Å². The van der Waals surface area contributed by atoms with Gasteiger partial charge in [0.1, 0.15) is 0 Å². The van der Waals surface area contributed by atoms with E-state index in [2.05, 4.69) is 6.58 Å². The molecule has 0 N–H and O–H groups in total. The number of hydrogen-bond donors (Lipinski definition) is 0. The summed E-state index contributed by atoms with van der Waals surface area (Å²) in [6, 6.07) is -0.330. The second-order valence-electron chi connectivity index (χ2n) is 4.88. The third-order valence-corrected chi connectivity index (χ3v) is 5.25. The molecule has 1 atom stereocenters. The van der Waals surface area contributed by atoms with E-state index in [4.69, 9.17) is 4.74 Å². The predicted molar refractivity (Wildman–Crippen MR) is 71.7 cm³/mol. The first-order valence-corrected chi connectivity index (χ1v) is 8.30. The van der Waals surface area contributed by atoms with Gasteiger partial charge >= 0.3 is 6.03 Å². The highest BCUT2D eigenvalue weighted by Crippen LogP contribution is 2.19. The fourth-order valence-corrected chi connectivity index (χ4v) is 4.21. The Bertz CT molecular complexity index is 443. The molecule has 0 saturated carbocycles. The zero-order valence-electron chi connectivity index (χ0n) is 11.0. The Hall–Kier alpha value is -1.08. The van der Waals surface area contributed by atoms with Gasteiger partial charge in [0, 0.05) is 25.7 Å². The minimum Gasteiger partial charge on any atom is -0.378 e. The van der Waals surface area contributed by atoms with E-state index in [0.29, 0.717) is 39.3 Å². The Balaban J connectivity index is 2.06. The lowest BCUT2D eigenvalue weighted by Crippen LogP contribution is -2.52. The zero-order valence-corrected chi connectivity index (χ0v) is 11.8. The van der Waals surface area contributed by atoms with Gasteiger partial charge in [0.2, 0.25) is 0 Å². The molecule has 2 rings (SSSR count). The monoisotopic (exact) mass is 288 g/mol. The maximum Gasteiger partial charge on any atom is 0.320 e. The van der Waals surface area contributed by atoms with Crippen molar-refractivity contribution < 1.29 is 17.9 Å². The van der Waals surface area contributed by atoms with E-state index in [9.17, 15) is 13.2 Å². The topological polar surface area (TPSA) is 66.9 Å². The van der Waals surface area contributed by atoms with Crippen molar-refractivity contribution >= 4 is 15.9 Å². The molecule has 2 saturated heterocycles. The van der Waals surface area contributed by atoms with Gasteiger partial charge in [0.25, 0.3) is 0 Å². The molecule has 0 bridgehead atoms. The number of urea groups is 1. The van der Waals surface area contributed by atoms with Crippen molar-refractivity contribution in [3.05, 3.63) is 12.7 Å². The van der Waals surface area contributed by atoms with Crippen LogP contribution in [0.3, 0.4) is 0 Å². The van der Waals surface area contributed by atoms with E-state index in [1.807, 2.05) is 0 Å². The minimum atomic E-state index is -2.99. The molecule has 2 amide bonds. The van der Waals surface area contributed by atoms with Crippen LogP contribution in [0.4, 0.5) is 4.79 Å². The summed E-state index contributed by atoms with van der Waals surface area (Å²) in [6.07, 6.45) is 2.16. The lowest BCUT2D eigenvalue weighted by Gasteiger charge is -2.35. The Morgan fingerprint density at radius 2 is 2.11 bits per heavy atom. The fraction of sp³-hybridized carbons (Fsp3) is 0.750. The maximum absolute atomic E-state index is 12.4. The van der Waals surface area contributed by atoms with Crippen molar-refractivity contribution in [2.75, 3.05) is 44.4 Å². The van der Waals surface area contributed by atoms with Gasteiger partial charge in [0.15, 0.2) is 9.84 Å². The van der Waals surface area contributed by atoms with Crippen LogP contribution in [0.15, 0.2) is 12.7 Å². The molecule has 0 aromatic rings. The summed E-state index contributed by atoms with van der Waals surface area (Å²) in [7, 11) is -2.99. The number of ether oxygens (including phenoxy) is 1. The van der Waals surface area contributed by atoms with E-state index >= 15 is 0 Å². The first-order chi connectivity index (χ1) is 9.03. The summed E-state index contributed by atoms with van der Waals surface area (Å²) < 4.78 is 28.3. The smallest absolute Gasteiger partial charge is 0.320 e.